The molecule has 1 aromatic rings. The van der Waals surface area contributed by atoms with Gasteiger partial charge in [-0.1, -0.05) is 5.57 Å². The molecule has 4 nitrogen and oxygen atoms in total. The van der Waals surface area contributed by atoms with Crippen LogP contribution >= 0.6 is 0 Å². The molecule has 0 bridgehead atoms. The summed E-state index contributed by atoms with van der Waals surface area (Å²) in [7, 11) is 0. The van der Waals surface area contributed by atoms with Crippen LogP contribution in [0.1, 0.15) is 31.9 Å². The zero-order valence-electron chi connectivity index (χ0n) is 10.5. The largest absolute Gasteiger partial charge is 0.469 e. The van der Waals surface area contributed by atoms with Crippen LogP contribution in [0.5, 0.6) is 0 Å². The van der Waals surface area contributed by atoms with Crippen molar-refractivity contribution in [2.24, 2.45) is 5.92 Å². The van der Waals surface area contributed by atoms with Crippen molar-refractivity contribution < 1.29 is 18.7 Å². The minimum absolute atomic E-state index is 0.0226. The highest BCUT2D eigenvalue weighted by atomic mass is 16.5. The highest BCUT2D eigenvalue weighted by Crippen LogP contribution is 2.37. The number of allylic oxidation sites excluding steroid dienone is 1. The van der Waals surface area contributed by atoms with Gasteiger partial charge < -0.3 is 9.15 Å². The second kappa shape index (κ2) is 5.21. The third-order valence-corrected chi connectivity index (χ3v) is 3.15. The maximum atomic E-state index is 12.0. The second-order valence-electron chi connectivity index (χ2n) is 4.41. The molecule has 0 amide bonds. The molecule has 0 spiro atoms. The van der Waals surface area contributed by atoms with E-state index in [-0.39, 0.29) is 24.1 Å². The summed E-state index contributed by atoms with van der Waals surface area (Å²) in [5.41, 5.74) is 0.742. The van der Waals surface area contributed by atoms with E-state index < -0.39 is 5.92 Å². The lowest BCUT2D eigenvalue weighted by atomic mass is 9.77. The quantitative estimate of drug-likeness (QED) is 0.771. The molecule has 18 heavy (non-hydrogen) atoms. The van der Waals surface area contributed by atoms with Gasteiger partial charge in [0, 0.05) is 12.3 Å². The van der Waals surface area contributed by atoms with Crippen molar-refractivity contribution >= 4 is 11.8 Å². The Morgan fingerprint density at radius 3 is 2.94 bits per heavy atom. The molecule has 4 heteroatoms. The fourth-order valence-electron chi connectivity index (χ4n) is 2.40. The predicted octanol–water partition coefficient (Wildman–Crippen LogP) is 2.46. The average molecular weight is 248 g/mol. The predicted molar refractivity (Wildman–Crippen MR) is 65.0 cm³/mol. The topological polar surface area (TPSA) is 56.5 Å². The summed E-state index contributed by atoms with van der Waals surface area (Å²) in [6.45, 7) is 3.89. The minimum atomic E-state index is -0.422. The maximum Gasteiger partial charge on any atom is 0.313 e. The van der Waals surface area contributed by atoms with Crippen molar-refractivity contribution in [1.29, 1.82) is 0 Å². The lowest BCUT2D eigenvalue weighted by Crippen LogP contribution is -2.30. The van der Waals surface area contributed by atoms with Gasteiger partial charge in [-0.05, 0) is 32.1 Å². The van der Waals surface area contributed by atoms with Crippen molar-refractivity contribution in [2.45, 2.75) is 26.2 Å². The van der Waals surface area contributed by atoms with Crippen LogP contribution in [0.25, 0.3) is 0 Å². The molecule has 0 unspecified atom stereocenters. The lowest BCUT2D eigenvalue weighted by Gasteiger charge is -2.27. The summed E-state index contributed by atoms with van der Waals surface area (Å²) in [4.78, 5) is 23.6. The van der Waals surface area contributed by atoms with Gasteiger partial charge in [-0.2, -0.15) is 0 Å². The van der Waals surface area contributed by atoms with Crippen LogP contribution in [0.3, 0.4) is 0 Å². The lowest BCUT2D eigenvalue weighted by molar-refractivity contribution is -0.147. The highest BCUT2D eigenvalue weighted by Gasteiger charge is 2.38. The van der Waals surface area contributed by atoms with Gasteiger partial charge in [0.25, 0.3) is 0 Å². The molecule has 0 fully saturated rings. The van der Waals surface area contributed by atoms with Crippen molar-refractivity contribution in [3.63, 3.8) is 0 Å². The van der Waals surface area contributed by atoms with Crippen molar-refractivity contribution in [3.8, 4) is 0 Å². The van der Waals surface area contributed by atoms with E-state index in [4.69, 9.17) is 9.15 Å². The van der Waals surface area contributed by atoms with Crippen LogP contribution in [0.2, 0.25) is 0 Å². The van der Waals surface area contributed by atoms with Crippen LogP contribution in [0, 0.1) is 5.92 Å². The van der Waals surface area contributed by atoms with Gasteiger partial charge >= 0.3 is 5.97 Å². The minimum Gasteiger partial charge on any atom is -0.469 e. The summed E-state index contributed by atoms with van der Waals surface area (Å²) in [6, 6.07) is 3.55. The number of ketones is 1. The van der Waals surface area contributed by atoms with E-state index in [2.05, 4.69) is 0 Å². The number of ether oxygens (including phenoxy) is 1. The number of hydrogen-bond donors (Lipinski definition) is 0. The van der Waals surface area contributed by atoms with Crippen LogP contribution in [-0.4, -0.2) is 18.4 Å². The van der Waals surface area contributed by atoms with E-state index >= 15 is 0 Å². The van der Waals surface area contributed by atoms with E-state index in [0.29, 0.717) is 12.4 Å². The fraction of sp³-hybridized carbons (Fsp3) is 0.429. The first-order chi connectivity index (χ1) is 8.63. The number of furan rings is 1. The van der Waals surface area contributed by atoms with Crippen LogP contribution in [0.4, 0.5) is 0 Å². The van der Waals surface area contributed by atoms with E-state index in [1.54, 1.807) is 32.2 Å². The van der Waals surface area contributed by atoms with Gasteiger partial charge in [-0.15, -0.1) is 0 Å². The van der Waals surface area contributed by atoms with Crippen LogP contribution in [0.15, 0.2) is 34.5 Å². The zero-order chi connectivity index (χ0) is 13.1. The molecule has 0 saturated heterocycles. The number of esters is 1. The van der Waals surface area contributed by atoms with E-state index in [1.165, 1.54) is 6.08 Å². The Hall–Kier alpha value is -1.84. The monoisotopic (exact) mass is 248 g/mol. The number of carbonyl (C=O) groups is 2. The molecular formula is C14H16O4. The first-order valence-corrected chi connectivity index (χ1v) is 6.04. The van der Waals surface area contributed by atoms with Gasteiger partial charge in [-0.25, -0.2) is 0 Å². The zero-order valence-corrected chi connectivity index (χ0v) is 10.5. The Bertz CT molecular complexity index is 470. The SMILES string of the molecule is CCOC(=O)[C@H]1C(C)=CC(=O)C[C@@H]1c1ccco1. The third-order valence-electron chi connectivity index (χ3n) is 3.15. The Balaban J connectivity index is 2.33. The summed E-state index contributed by atoms with van der Waals surface area (Å²) in [5, 5.41) is 0. The standard InChI is InChI=1S/C14H16O4/c1-3-17-14(16)13-9(2)7-10(15)8-11(13)12-5-4-6-18-12/h4-7,11,13H,3,8H2,1-2H3/t11-,13+/m1/s1. The van der Waals surface area contributed by atoms with Gasteiger partial charge in [0.1, 0.15) is 5.76 Å². The van der Waals surface area contributed by atoms with Gasteiger partial charge in [-0.3, -0.25) is 9.59 Å². The molecule has 2 rings (SSSR count). The van der Waals surface area contributed by atoms with Gasteiger partial charge in [0.2, 0.25) is 0 Å². The number of hydrogen-bond acceptors (Lipinski definition) is 4. The molecule has 1 aliphatic carbocycles. The number of carbonyl (C=O) groups excluding carboxylic acids is 2. The molecule has 0 N–H and O–H groups in total. The normalized spacial score (nSPS) is 23.7. The molecule has 0 aliphatic heterocycles. The Morgan fingerprint density at radius 1 is 1.56 bits per heavy atom. The molecule has 0 radical (unpaired) electrons. The molecule has 0 aromatic carbocycles. The Morgan fingerprint density at radius 2 is 2.33 bits per heavy atom. The van der Waals surface area contributed by atoms with Crippen molar-refractivity contribution in [1.82, 2.24) is 0 Å². The van der Waals surface area contributed by atoms with Gasteiger partial charge in [0.05, 0.1) is 18.8 Å². The number of rotatable bonds is 3. The van der Waals surface area contributed by atoms with Crippen molar-refractivity contribution in [3.05, 3.63) is 35.8 Å². The summed E-state index contributed by atoms with van der Waals surface area (Å²) in [6.07, 6.45) is 3.37. The van der Waals surface area contributed by atoms with E-state index in [9.17, 15) is 9.59 Å². The third kappa shape index (κ3) is 2.37. The van der Waals surface area contributed by atoms with Gasteiger partial charge in [0.15, 0.2) is 5.78 Å². The molecule has 2 atom stereocenters. The Labute approximate surface area is 106 Å². The molecule has 96 valence electrons. The molecule has 1 aliphatic rings. The molecule has 1 aromatic heterocycles. The highest BCUT2D eigenvalue weighted by molar-refractivity contribution is 5.95. The summed E-state index contributed by atoms with van der Waals surface area (Å²) < 4.78 is 10.4. The molecule has 0 saturated carbocycles. The fourth-order valence-corrected chi connectivity index (χ4v) is 2.40. The van der Waals surface area contributed by atoms with E-state index in [0.717, 1.165) is 5.57 Å². The van der Waals surface area contributed by atoms with Crippen LogP contribution < -0.4 is 0 Å². The molecular weight excluding hydrogens is 232 g/mol. The first-order valence-electron chi connectivity index (χ1n) is 6.04. The van der Waals surface area contributed by atoms with Crippen molar-refractivity contribution in [2.75, 3.05) is 6.61 Å². The van der Waals surface area contributed by atoms with Crippen LogP contribution in [-0.2, 0) is 14.3 Å². The smallest absolute Gasteiger partial charge is 0.313 e. The summed E-state index contributed by atoms with van der Waals surface area (Å²) >= 11 is 0. The first kappa shape index (κ1) is 12.6. The van der Waals surface area contributed by atoms with E-state index in [1.807, 2.05) is 0 Å². The second-order valence-corrected chi connectivity index (χ2v) is 4.41. The Kier molecular flexibility index (Phi) is 3.65. The molecule has 1 heterocycles. The maximum absolute atomic E-state index is 12.0. The summed E-state index contributed by atoms with van der Waals surface area (Å²) in [5.74, 6) is -0.284. The average Bonchev–Trinajstić information content (AvgIpc) is 2.81.